The monoisotopic (exact) mass is 2240 g/mol. The third-order valence-corrected chi connectivity index (χ3v) is 23.6. The van der Waals surface area contributed by atoms with E-state index in [9.17, 15) is 82.7 Å². The van der Waals surface area contributed by atoms with Crippen molar-refractivity contribution in [3.63, 3.8) is 0 Å². The Morgan fingerprint density at radius 2 is 0.743 bits per heavy atom. The van der Waals surface area contributed by atoms with Crippen LogP contribution in [0.25, 0.3) is 88.7 Å². The number of thiocarbonyl (C=S) groups is 1. The molecule has 0 fully saturated rings. The Morgan fingerprint density at radius 1 is 0.354 bits per heavy atom. The average Bonchev–Trinajstić information content (AvgIpc) is 1.68. The molecule has 738 valence electrons. The first-order valence-corrected chi connectivity index (χ1v) is 45.8. The molecule has 17 N–H and O–H groups in total. The number of aromatic carboxylic acids is 9. The van der Waals surface area contributed by atoms with Crippen molar-refractivity contribution in [2.75, 3.05) is 0 Å². The third-order valence-electron chi connectivity index (χ3n) is 17.5. The number of nitrogens with one attached hydrogen (secondary N) is 8. The van der Waals surface area contributed by atoms with E-state index in [1.165, 1.54) is 71.5 Å². The van der Waals surface area contributed by atoms with Crippen LogP contribution in [0.3, 0.4) is 0 Å². The fourth-order valence-electron chi connectivity index (χ4n) is 11.5. The van der Waals surface area contributed by atoms with Gasteiger partial charge in [0.1, 0.15) is 82.0 Å². The number of thiazole rings is 1. The number of nitrogens with zero attached hydrogens (tertiary/aromatic N) is 8. The van der Waals surface area contributed by atoms with Crippen LogP contribution in [-0.4, -0.2) is 179 Å². The first-order valence-electron chi connectivity index (χ1n) is 38.0. The molecule has 1 aliphatic heterocycles. The van der Waals surface area contributed by atoms with Crippen LogP contribution in [0, 0.1) is 83.3 Å². The molecule has 9 heterocycles. The number of H-pyrrole nitrogens is 7. The minimum Gasteiger partial charge on any atom is -0.478 e. The molecule has 0 unspecified atom stereocenters. The Labute approximate surface area is 860 Å². The van der Waals surface area contributed by atoms with Crippen LogP contribution in [0.1, 0.15) is 105 Å². The number of hydrogen-bond donors (Lipinski definition) is 18. The van der Waals surface area contributed by atoms with Crippen molar-refractivity contribution in [3.05, 3.63) is 315 Å². The molecule has 144 heavy (non-hydrogen) atoms. The van der Waals surface area contributed by atoms with Gasteiger partial charge in [-0.2, -0.15) is 25.3 Å². The second kappa shape index (κ2) is 50.7. The Morgan fingerprint density at radius 3 is 1.08 bits per heavy atom. The van der Waals surface area contributed by atoms with E-state index in [1.54, 1.807) is 6.07 Å². The number of benzene rings is 9. The number of carboxylic acids is 9. The lowest BCUT2D eigenvalue weighted by molar-refractivity contribution is 0.0686. The van der Waals surface area contributed by atoms with E-state index in [0.29, 0.717) is 59.3 Å². The summed E-state index contributed by atoms with van der Waals surface area (Å²) in [6, 6.07) is 32.1. The van der Waals surface area contributed by atoms with Gasteiger partial charge in [0.05, 0.1) is 83.0 Å². The summed E-state index contributed by atoms with van der Waals surface area (Å²) in [5, 5.41) is 102. The molecular weight excluding hydrogens is 2190 g/mol. The van der Waals surface area contributed by atoms with E-state index in [1.807, 2.05) is 0 Å². The topological polar surface area (TPSA) is 600 Å². The molecule has 0 saturated carbocycles. The summed E-state index contributed by atoms with van der Waals surface area (Å²) in [5.41, 5.74) is 4.98. The van der Waals surface area contributed by atoms with Crippen LogP contribution in [0.5, 0.6) is 0 Å². The van der Waals surface area contributed by atoms with Crippen LogP contribution in [0.15, 0.2) is 199 Å². The van der Waals surface area contributed by atoms with Gasteiger partial charge in [0.25, 0.3) is 10.7 Å². The second-order valence-electron chi connectivity index (χ2n) is 26.9. The summed E-state index contributed by atoms with van der Waals surface area (Å²) < 4.78 is 142. The van der Waals surface area contributed by atoms with Crippen molar-refractivity contribution >= 4 is 232 Å². The quantitative estimate of drug-likeness (QED) is 0.0215. The number of aromatic nitrogens is 14. The van der Waals surface area contributed by atoms with Gasteiger partial charge >= 0.3 is 58.6 Å². The molecule has 0 atom stereocenters. The molecule has 9 aromatic carbocycles. The second-order valence-corrected chi connectivity index (χ2v) is 36.1. The number of halogens is 9. The highest BCUT2D eigenvalue weighted by atomic mass is 32.2. The average molecular weight is 2240 g/mol. The van der Waals surface area contributed by atoms with Gasteiger partial charge in [0, 0.05) is 45.4 Å². The predicted molar refractivity (Wildman–Crippen MR) is 525 cm³/mol. The minimum absolute atomic E-state index is 0.000787. The largest absolute Gasteiger partial charge is 0.478 e. The normalized spacial score (nSPS) is 10.8. The van der Waals surface area contributed by atoms with Crippen molar-refractivity contribution in [2.24, 2.45) is 5.10 Å². The van der Waals surface area contributed by atoms with Crippen LogP contribution in [-0.2, 0) is 0 Å². The molecule has 18 rings (SSSR count). The molecular formula is C84H49F9N16O21S14. The van der Waals surface area contributed by atoms with E-state index in [-0.39, 0.29) is 137 Å². The molecule has 0 radical (unpaired) electrons. The van der Waals surface area contributed by atoms with Gasteiger partial charge in [0.15, 0.2) is 13.7 Å². The molecule has 0 aliphatic carbocycles. The summed E-state index contributed by atoms with van der Waals surface area (Å²) in [4.78, 5) is 118. The zero-order chi connectivity index (χ0) is 105. The number of carbonyl (C=O) groups is 9. The van der Waals surface area contributed by atoms with Crippen LogP contribution in [0.2, 0.25) is 0 Å². The van der Waals surface area contributed by atoms with Crippen LogP contribution in [0.4, 0.5) is 39.5 Å². The molecule has 17 aromatic rings. The predicted octanol–water partition coefficient (Wildman–Crippen LogP) is 22.6. The maximum absolute atomic E-state index is 13.1. The van der Waals surface area contributed by atoms with E-state index in [4.69, 9.17) is 116 Å². The number of aromatic amines is 7. The summed E-state index contributed by atoms with van der Waals surface area (Å²) in [7, 11) is 0. The van der Waals surface area contributed by atoms with Gasteiger partial charge in [-0.15, -0.1) is 29.1 Å². The molecule has 0 spiro atoms. The maximum atomic E-state index is 13.1. The van der Waals surface area contributed by atoms with Crippen molar-refractivity contribution in [2.45, 2.75) is 10.6 Å². The lowest BCUT2D eigenvalue weighted by Crippen LogP contribution is -2.09. The van der Waals surface area contributed by atoms with Gasteiger partial charge in [-0.25, -0.2) is 108 Å². The maximum Gasteiger partial charge on any atom is 0.336 e. The Balaban J connectivity index is 0.000000166. The number of thiol groups is 1. The summed E-state index contributed by atoms with van der Waals surface area (Å²) in [6.45, 7) is 0. The molecule has 0 saturated heterocycles. The zero-order valence-electron chi connectivity index (χ0n) is 70.1. The van der Waals surface area contributed by atoms with Crippen LogP contribution >= 0.6 is 168 Å². The van der Waals surface area contributed by atoms with E-state index in [0.717, 1.165) is 156 Å². The lowest BCUT2D eigenvalue weighted by atomic mass is 10.0. The highest BCUT2D eigenvalue weighted by Gasteiger charge is 2.26. The van der Waals surface area contributed by atoms with E-state index < -0.39 is 106 Å². The van der Waals surface area contributed by atoms with Crippen LogP contribution < -0.4 is 5.43 Å². The van der Waals surface area contributed by atoms with Crippen molar-refractivity contribution < 1.29 is 142 Å². The Hall–Kier alpha value is -15.6. The zero-order valence-corrected chi connectivity index (χ0v) is 81.6. The van der Waals surface area contributed by atoms with E-state index >= 15 is 0 Å². The van der Waals surface area contributed by atoms with Crippen molar-refractivity contribution in [1.29, 1.82) is 0 Å². The molecule has 0 amide bonds. The Bertz CT molecular complexity index is 7250. The third kappa shape index (κ3) is 30.7. The van der Waals surface area contributed by atoms with E-state index in [2.05, 4.69) is 133 Å². The molecule has 0 bridgehead atoms. The molecule has 8 aromatic heterocycles. The van der Waals surface area contributed by atoms with Gasteiger partial charge in [0.2, 0.25) is 15.4 Å². The first-order chi connectivity index (χ1) is 68.2. The number of hydrogen-bond acceptors (Lipinski definition) is 34. The lowest BCUT2D eigenvalue weighted by Gasteiger charge is -2.04. The molecule has 1 aliphatic rings. The molecule has 60 heteroatoms. The highest BCUT2D eigenvalue weighted by Crippen LogP contribution is 2.35. The fraction of sp³-hybridized carbons (Fsp3) is 0.0119. The Kier molecular flexibility index (Phi) is 38.8. The summed E-state index contributed by atoms with van der Waals surface area (Å²) in [6.07, 6.45) is 1.83. The summed E-state index contributed by atoms with van der Waals surface area (Å²) >= 11 is 47.9. The highest BCUT2D eigenvalue weighted by molar-refractivity contribution is 7.83. The smallest absolute Gasteiger partial charge is 0.336 e. The van der Waals surface area contributed by atoms with Crippen molar-refractivity contribution in [3.8, 4) is 88.7 Å². The SMILES string of the molecule is O=C(O)c1ccc(F)cc1-c1cc(=S)s[nH]1.O=C(O)c1ccc(F)cc1-c1n[nH]c(=S)o1.O=C(O)c1ccc(F)cc1-c1n[nH]c(=S)s1.O=C(O)c1ccc(F)cc1-c1nc(=S)[nH]o1.O=C(O)c1ccc(F)cc1-c1nc(=S)[nH]s1.O=C(O)c1ccc(F)cc1-c1nc(=S)o[nH]1.O=C(O)c1ccc(F)cc1-c1nc(=S)s[nH]1.O=C(O)c1ccc(F)cc1-c1ncc(S)s1.O=C(O)c1ccc(F)cc1C1=NNC(=S)C1. The van der Waals surface area contributed by atoms with Gasteiger partial charge in [-0.05, 0) is 266 Å². The standard InChI is InChI=1S/C10H7FN2O2S.2C10H6FNO2S2.3C9H5FN2O3S.3C9H5FN2O2S2/c11-5-1-2-6(10(14)15)7(3-5)8-4-9(16)13-12-8;11-5-1-2-6(10(13)14)7(3-5)9-12-4-8(15)16-9;11-5-1-2-6(10(13)14)7(3-5)8-4-9(15)16-12-8;10-4-1-2-5(8(13)14)6(3-4)7-11-12-9(16)15-7;10-4-1-2-5(8(13)14)6(3-4)7-11-9(16)12-15-7;10-4-1-2-5(8(13)14)6(3-4)7-11-9(16)15-12-7;10-4-1-2-5(8(13)14)6(3-4)7-11-12-9(15)16-7;10-4-1-2-5(8(13)14)6(3-4)7-11-9(15)12-16-7;10-4-1-2-5(8(13)14)6(3-4)7-11-9(15)16-12-7/h1-3H,4H2,(H,13,16)(H,14,15);1-4,15H,(H,13,14);1-4,12H,(H,13,14);2*1-3H,(H,12,16)(H,13,14);1-3H,(H,13,14)(H,11,12,16);2*1-3H,(H,12,15)(H,13,14);1-3H,(H,13,14)(H,11,12,15). The van der Waals surface area contributed by atoms with Gasteiger partial charge < -0.3 is 63.8 Å². The first kappa shape index (κ1) is 110. The fourth-order valence-corrected chi connectivity index (χ4v) is 16.4. The number of carboxylic acid groups (broad SMARTS) is 9. The summed E-state index contributed by atoms with van der Waals surface area (Å²) in [5.74, 6) is -14.8. The van der Waals surface area contributed by atoms with Gasteiger partial charge in [-0.3, -0.25) is 19.3 Å². The van der Waals surface area contributed by atoms with Crippen molar-refractivity contribution in [1.82, 2.24) is 74.2 Å². The molecule has 37 nitrogen and oxygen atoms in total. The number of hydrazone groups is 1. The van der Waals surface area contributed by atoms with Gasteiger partial charge in [-0.1, -0.05) is 47.3 Å². The minimum atomic E-state index is -1.20. The number of rotatable bonds is 18.